The van der Waals surface area contributed by atoms with E-state index in [0.717, 1.165) is 76.6 Å². The number of aliphatic imine (C=N–C) groups is 1. The Morgan fingerprint density at radius 2 is 1.42 bits per heavy atom. The average molecular weight is 489 g/mol. The van der Waals surface area contributed by atoms with Gasteiger partial charge in [0.1, 0.15) is 23.7 Å². The summed E-state index contributed by atoms with van der Waals surface area (Å²) in [7, 11) is 0. The van der Waals surface area contributed by atoms with Crippen LogP contribution in [0.4, 0.5) is 11.4 Å². The van der Waals surface area contributed by atoms with Gasteiger partial charge in [0, 0.05) is 36.8 Å². The lowest BCUT2D eigenvalue weighted by atomic mass is 9.94. The van der Waals surface area contributed by atoms with Crippen molar-refractivity contribution in [3.8, 4) is 11.5 Å². The zero-order chi connectivity index (χ0) is 25.0. The standard InChI is InChI=1S/C28H32N4O4/c1-14-8-17-10-19(35-27(17)21-4-6-23(33)31-25(14)21)12-29-16(3)30-13-20-11-18-9-15(2)26-22(28(18)36-20)5-7-24(34)32-26/h8-9,19-20H,4-7,10-13H2,1-3H3,(H,29,30)(H,31,33)(H,32,34). The Hall–Kier alpha value is -3.55. The number of rotatable bonds is 4. The van der Waals surface area contributed by atoms with Crippen molar-refractivity contribution in [1.29, 1.82) is 0 Å². The number of fused-ring (bicyclic) bond motifs is 6. The number of carbonyl (C=O) groups excluding carboxylic acids is 2. The van der Waals surface area contributed by atoms with Gasteiger partial charge >= 0.3 is 0 Å². The molecule has 2 aromatic rings. The molecule has 0 aliphatic carbocycles. The minimum atomic E-state index is -0.00280. The third-order valence-corrected chi connectivity index (χ3v) is 7.62. The van der Waals surface area contributed by atoms with Crippen molar-refractivity contribution in [2.24, 2.45) is 4.99 Å². The second-order valence-electron chi connectivity index (χ2n) is 10.4. The highest BCUT2D eigenvalue weighted by Crippen LogP contribution is 2.42. The molecule has 0 bridgehead atoms. The molecule has 2 aromatic carbocycles. The van der Waals surface area contributed by atoms with Gasteiger partial charge in [0.15, 0.2) is 0 Å². The third-order valence-electron chi connectivity index (χ3n) is 7.62. The van der Waals surface area contributed by atoms with Gasteiger partial charge in [0.25, 0.3) is 0 Å². The summed E-state index contributed by atoms with van der Waals surface area (Å²) in [6.07, 6.45) is 4.16. The van der Waals surface area contributed by atoms with Crippen LogP contribution < -0.4 is 25.4 Å². The predicted molar refractivity (Wildman–Crippen MR) is 138 cm³/mol. The zero-order valence-electron chi connectivity index (χ0n) is 21.0. The van der Waals surface area contributed by atoms with Crippen LogP contribution in [0.2, 0.25) is 0 Å². The summed E-state index contributed by atoms with van der Waals surface area (Å²) in [5, 5.41) is 9.44. The largest absolute Gasteiger partial charge is 0.488 e. The Labute approximate surface area is 210 Å². The molecular weight excluding hydrogens is 456 g/mol. The second-order valence-corrected chi connectivity index (χ2v) is 10.4. The van der Waals surface area contributed by atoms with E-state index < -0.39 is 0 Å². The lowest BCUT2D eigenvalue weighted by molar-refractivity contribution is -0.117. The molecule has 2 amide bonds. The fourth-order valence-corrected chi connectivity index (χ4v) is 5.87. The minimum Gasteiger partial charge on any atom is -0.488 e. The zero-order valence-corrected chi connectivity index (χ0v) is 21.0. The summed E-state index contributed by atoms with van der Waals surface area (Å²) < 4.78 is 12.6. The smallest absolute Gasteiger partial charge is 0.224 e. The molecule has 0 radical (unpaired) electrons. The first-order valence-corrected chi connectivity index (χ1v) is 12.8. The maximum Gasteiger partial charge on any atom is 0.224 e. The second kappa shape index (κ2) is 8.84. The molecular formula is C28H32N4O4. The molecule has 188 valence electrons. The molecule has 0 saturated carbocycles. The molecule has 2 atom stereocenters. The monoisotopic (exact) mass is 488 g/mol. The number of hydrogen-bond acceptors (Lipinski definition) is 5. The molecule has 4 heterocycles. The molecule has 0 aromatic heterocycles. The van der Waals surface area contributed by atoms with Crippen molar-refractivity contribution in [1.82, 2.24) is 5.32 Å². The van der Waals surface area contributed by atoms with Crippen molar-refractivity contribution in [2.75, 3.05) is 23.7 Å². The van der Waals surface area contributed by atoms with E-state index in [0.29, 0.717) is 25.9 Å². The Kier molecular flexibility index (Phi) is 5.62. The van der Waals surface area contributed by atoms with Gasteiger partial charge in [-0.05, 0) is 55.9 Å². The van der Waals surface area contributed by atoms with Gasteiger partial charge in [-0.2, -0.15) is 0 Å². The summed E-state index contributed by atoms with van der Waals surface area (Å²) in [6.45, 7) is 7.31. The normalized spacial score (nSPS) is 21.9. The van der Waals surface area contributed by atoms with Crippen LogP contribution in [-0.2, 0) is 35.3 Å². The Bertz CT molecular complexity index is 1320. The number of nitrogens with one attached hydrogen (secondary N) is 3. The minimum absolute atomic E-state index is 0.00280. The molecule has 3 N–H and O–H groups in total. The van der Waals surface area contributed by atoms with Crippen LogP contribution in [-0.4, -0.2) is 42.9 Å². The van der Waals surface area contributed by atoms with E-state index in [4.69, 9.17) is 14.5 Å². The summed E-state index contributed by atoms with van der Waals surface area (Å²) in [6, 6.07) is 4.28. The van der Waals surface area contributed by atoms with Crippen molar-refractivity contribution >= 4 is 29.0 Å². The Balaban J connectivity index is 1.06. The summed E-state index contributed by atoms with van der Waals surface area (Å²) in [5.74, 6) is 2.90. The van der Waals surface area contributed by atoms with Crippen LogP contribution in [0.5, 0.6) is 11.5 Å². The highest BCUT2D eigenvalue weighted by atomic mass is 16.5. The lowest BCUT2D eigenvalue weighted by Gasteiger charge is -2.22. The van der Waals surface area contributed by atoms with Gasteiger partial charge in [-0.1, -0.05) is 12.1 Å². The quantitative estimate of drug-likeness (QED) is 0.453. The van der Waals surface area contributed by atoms with Gasteiger partial charge < -0.3 is 25.4 Å². The molecule has 2 unspecified atom stereocenters. The molecule has 0 spiro atoms. The first-order valence-electron chi connectivity index (χ1n) is 12.8. The van der Waals surface area contributed by atoms with Crippen LogP contribution >= 0.6 is 0 Å². The molecule has 0 fully saturated rings. The van der Waals surface area contributed by atoms with Crippen molar-refractivity contribution in [3.63, 3.8) is 0 Å². The van der Waals surface area contributed by atoms with E-state index in [1.165, 1.54) is 11.1 Å². The SMILES string of the molecule is CC(=NCC1Cc2cc(C)c3c(c2O1)CCC(=O)N3)NCC1Cc2cc(C)c3c(c2O1)CCC(=O)N3. The lowest BCUT2D eigenvalue weighted by Crippen LogP contribution is -2.34. The van der Waals surface area contributed by atoms with Crippen molar-refractivity contribution < 1.29 is 19.1 Å². The van der Waals surface area contributed by atoms with Crippen LogP contribution in [0.1, 0.15) is 53.1 Å². The maximum atomic E-state index is 11.8. The molecule has 8 heteroatoms. The van der Waals surface area contributed by atoms with Crippen LogP contribution in [0.25, 0.3) is 0 Å². The molecule has 36 heavy (non-hydrogen) atoms. The number of amidine groups is 1. The number of anilines is 2. The Morgan fingerprint density at radius 3 is 2.00 bits per heavy atom. The number of benzene rings is 2. The maximum absolute atomic E-state index is 11.8. The number of aryl methyl sites for hydroxylation is 2. The molecule has 4 aliphatic rings. The predicted octanol–water partition coefficient (Wildman–Crippen LogP) is 3.39. The number of amides is 2. The Morgan fingerprint density at radius 1 is 0.889 bits per heavy atom. The molecule has 6 rings (SSSR count). The summed E-state index contributed by atoms with van der Waals surface area (Å²) in [4.78, 5) is 28.4. The van der Waals surface area contributed by atoms with Gasteiger partial charge in [-0.25, -0.2) is 0 Å². The number of carbonyl (C=O) groups is 2. The van der Waals surface area contributed by atoms with Gasteiger partial charge in [-0.15, -0.1) is 0 Å². The summed E-state index contributed by atoms with van der Waals surface area (Å²) in [5.41, 5.74) is 8.72. The van der Waals surface area contributed by atoms with Crippen LogP contribution in [0.3, 0.4) is 0 Å². The highest BCUT2D eigenvalue weighted by Gasteiger charge is 2.32. The van der Waals surface area contributed by atoms with Crippen LogP contribution in [0, 0.1) is 13.8 Å². The number of hydrogen-bond donors (Lipinski definition) is 3. The van der Waals surface area contributed by atoms with Crippen molar-refractivity contribution in [3.05, 3.63) is 45.5 Å². The van der Waals surface area contributed by atoms with E-state index in [2.05, 4.69) is 28.1 Å². The average Bonchev–Trinajstić information content (AvgIpc) is 3.45. The van der Waals surface area contributed by atoms with Crippen molar-refractivity contribution in [2.45, 2.75) is 71.5 Å². The van der Waals surface area contributed by atoms with E-state index in [9.17, 15) is 9.59 Å². The molecule has 8 nitrogen and oxygen atoms in total. The number of ether oxygens (including phenoxy) is 2. The van der Waals surface area contributed by atoms with Gasteiger partial charge in [-0.3, -0.25) is 14.6 Å². The van der Waals surface area contributed by atoms with Gasteiger partial charge in [0.2, 0.25) is 11.8 Å². The van der Waals surface area contributed by atoms with E-state index >= 15 is 0 Å². The number of nitrogens with zero attached hydrogens (tertiary/aromatic N) is 1. The first-order chi connectivity index (χ1) is 17.4. The fraction of sp³-hybridized carbons (Fsp3) is 0.464. The third kappa shape index (κ3) is 4.08. The first kappa shape index (κ1) is 22.9. The van der Waals surface area contributed by atoms with E-state index in [1.54, 1.807) is 0 Å². The summed E-state index contributed by atoms with van der Waals surface area (Å²) >= 11 is 0. The molecule has 4 aliphatic heterocycles. The van der Waals surface area contributed by atoms with E-state index in [1.807, 2.05) is 20.8 Å². The van der Waals surface area contributed by atoms with Gasteiger partial charge in [0.05, 0.1) is 30.3 Å². The molecule has 0 saturated heterocycles. The van der Waals surface area contributed by atoms with Crippen LogP contribution in [0.15, 0.2) is 17.1 Å². The van der Waals surface area contributed by atoms with E-state index in [-0.39, 0.29) is 24.0 Å². The highest BCUT2D eigenvalue weighted by molar-refractivity contribution is 5.96. The topological polar surface area (TPSA) is 101 Å². The fourth-order valence-electron chi connectivity index (χ4n) is 5.87.